The van der Waals surface area contributed by atoms with Crippen molar-refractivity contribution in [1.29, 1.82) is 0 Å². The average molecular weight is 380 g/mol. The molecular formula is C19H19F3N2OS. The fourth-order valence-corrected chi connectivity index (χ4v) is 4.09. The molecule has 3 rings (SSSR count). The predicted octanol–water partition coefficient (Wildman–Crippen LogP) is 4.45. The fourth-order valence-electron chi connectivity index (χ4n) is 3.19. The summed E-state index contributed by atoms with van der Waals surface area (Å²) in [5, 5.41) is 0. The largest absolute Gasteiger partial charge is 0.416 e. The van der Waals surface area contributed by atoms with Gasteiger partial charge < -0.3 is 10.6 Å². The van der Waals surface area contributed by atoms with E-state index in [1.54, 1.807) is 6.07 Å². The lowest BCUT2D eigenvalue weighted by Gasteiger charge is -2.24. The number of carbonyl (C=O) groups excluding carboxylic acids is 1. The molecule has 0 saturated carbocycles. The molecule has 1 atom stereocenters. The van der Waals surface area contributed by atoms with Crippen molar-refractivity contribution in [3.8, 4) is 0 Å². The van der Waals surface area contributed by atoms with E-state index in [1.807, 2.05) is 29.2 Å². The molecule has 0 bridgehead atoms. The molecule has 2 N–H and O–H groups in total. The first-order chi connectivity index (χ1) is 12.4. The van der Waals surface area contributed by atoms with Crippen LogP contribution in [0, 0.1) is 0 Å². The minimum absolute atomic E-state index is 0.239. The van der Waals surface area contributed by atoms with Crippen LogP contribution < -0.4 is 10.6 Å². The van der Waals surface area contributed by atoms with Gasteiger partial charge in [-0.25, -0.2) is 0 Å². The van der Waals surface area contributed by atoms with Gasteiger partial charge in [-0.2, -0.15) is 13.2 Å². The third kappa shape index (κ3) is 4.15. The second kappa shape index (κ2) is 7.61. The highest BCUT2D eigenvalue weighted by Gasteiger charge is 2.32. The first kappa shape index (κ1) is 18.6. The van der Waals surface area contributed by atoms with E-state index in [0.29, 0.717) is 0 Å². The molecule has 1 fully saturated rings. The maximum atomic E-state index is 13.0. The molecule has 0 unspecified atom stereocenters. The number of nitrogens with two attached hydrogens (primary N) is 1. The van der Waals surface area contributed by atoms with Crippen molar-refractivity contribution in [3.63, 3.8) is 0 Å². The van der Waals surface area contributed by atoms with Gasteiger partial charge in [-0.15, -0.1) is 11.8 Å². The Hall–Kier alpha value is -2.15. The molecule has 1 aliphatic heterocycles. The Bertz CT molecular complexity index is 777. The first-order valence-electron chi connectivity index (χ1n) is 8.30. The third-order valence-electron chi connectivity index (χ3n) is 4.47. The number of hydrogen-bond donors (Lipinski definition) is 1. The van der Waals surface area contributed by atoms with Gasteiger partial charge in [-0.05, 0) is 48.7 Å². The van der Waals surface area contributed by atoms with Gasteiger partial charge in [-0.3, -0.25) is 4.79 Å². The quantitative estimate of drug-likeness (QED) is 0.780. The fraction of sp³-hybridized carbons (Fsp3) is 0.316. The summed E-state index contributed by atoms with van der Waals surface area (Å²) in [6, 6.07) is 12.9. The Morgan fingerprint density at radius 2 is 1.85 bits per heavy atom. The van der Waals surface area contributed by atoms with Crippen LogP contribution in [0.1, 0.15) is 24.0 Å². The summed E-state index contributed by atoms with van der Waals surface area (Å²) >= 11 is 1.35. The van der Waals surface area contributed by atoms with Crippen molar-refractivity contribution < 1.29 is 18.0 Å². The third-order valence-corrected chi connectivity index (χ3v) is 5.53. The van der Waals surface area contributed by atoms with E-state index in [-0.39, 0.29) is 23.3 Å². The standard InChI is InChI=1S/C19H19F3N2OS/c20-19(21,22)16-5-2-1-4-13(16)12-26-15-9-7-14(8-10-15)24-11-3-6-17(24)18(23)25/h1-2,4-5,7-10,17H,3,6,11-12H2,(H2,23,25)/t17-/m1/s1. The number of primary amides is 1. The number of nitrogens with zero attached hydrogens (tertiary/aromatic N) is 1. The van der Waals surface area contributed by atoms with E-state index in [1.165, 1.54) is 23.9 Å². The SMILES string of the molecule is NC(=O)[C@H]1CCCN1c1ccc(SCc2ccccc2C(F)(F)F)cc1. The number of amides is 1. The van der Waals surface area contributed by atoms with Crippen LogP contribution >= 0.6 is 11.8 Å². The van der Waals surface area contributed by atoms with E-state index in [2.05, 4.69) is 0 Å². The molecule has 1 aliphatic rings. The van der Waals surface area contributed by atoms with Crippen LogP contribution in [0.15, 0.2) is 53.4 Å². The highest BCUT2D eigenvalue weighted by atomic mass is 32.2. The molecule has 2 aromatic rings. The molecule has 3 nitrogen and oxygen atoms in total. The maximum absolute atomic E-state index is 13.0. The molecule has 2 aromatic carbocycles. The average Bonchev–Trinajstić information content (AvgIpc) is 3.10. The summed E-state index contributed by atoms with van der Waals surface area (Å²) in [6.45, 7) is 0.777. The normalized spacial score (nSPS) is 17.5. The van der Waals surface area contributed by atoms with Gasteiger partial charge in [0.2, 0.25) is 5.91 Å². The van der Waals surface area contributed by atoms with Gasteiger partial charge >= 0.3 is 6.18 Å². The van der Waals surface area contributed by atoms with Crippen LogP contribution in [0.5, 0.6) is 0 Å². The minimum atomic E-state index is -4.35. The molecule has 0 aliphatic carbocycles. The topological polar surface area (TPSA) is 46.3 Å². The van der Waals surface area contributed by atoms with Crippen molar-refractivity contribution in [2.75, 3.05) is 11.4 Å². The highest BCUT2D eigenvalue weighted by molar-refractivity contribution is 7.98. The molecule has 0 aromatic heterocycles. The zero-order valence-electron chi connectivity index (χ0n) is 14.0. The van der Waals surface area contributed by atoms with Gasteiger partial charge in [0.05, 0.1) is 5.56 Å². The van der Waals surface area contributed by atoms with Crippen LogP contribution in [0.25, 0.3) is 0 Å². The number of alkyl halides is 3. The van der Waals surface area contributed by atoms with Crippen LogP contribution in [0.4, 0.5) is 18.9 Å². The summed E-state index contributed by atoms with van der Waals surface area (Å²) in [5.74, 6) is -0.0902. The number of hydrogen-bond acceptors (Lipinski definition) is 3. The smallest absolute Gasteiger partial charge is 0.368 e. The van der Waals surface area contributed by atoms with Crippen molar-refractivity contribution in [3.05, 3.63) is 59.7 Å². The lowest BCUT2D eigenvalue weighted by atomic mass is 10.1. The maximum Gasteiger partial charge on any atom is 0.416 e. The summed E-state index contributed by atoms with van der Waals surface area (Å²) in [5.41, 5.74) is 6.02. The van der Waals surface area contributed by atoms with Crippen molar-refractivity contribution in [2.24, 2.45) is 5.73 Å². The van der Waals surface area contributed by atoms with Gasteiger partial charge in [0.15, 0.2) is 0 Å². The molecule has 0 spiro atoms. The second-order valence-corrected chi connectivity index (χ2v) is 7.24. The van der Waals surface area contributed by atoms with Crippen LogP contribution in [0.3, 0.4) is 0 Å². The predicted molar refractivity (Wildman–Crippen MR) is 97.0 cm³/mol. The van der Waals surface area contributed by atoms with Crippen LogP contribution in [-0.4, -0.2) is 18.5 Å². The highest BCUT2D eigenvalue weighted by Crippen LogP contribution is 2.35. The lowest BCUT2D eigenvalue weighted by Crippen LogP contribution is -2.40. The summed E-state index contributed by atoms with van der Waals surface area (Å²) in [6.07, 6.45) is -2.68. The van der Waals surface area contributed by atoms with Gasteiger partial charge in [-0.1, -0.05) is 18.2 Å². The number of halogens is 3. The number of rotatable bonds is 5. The molecule has 7 heteroatoms. The van der Waals surface area contributed by atoms with E-state index in [4.69, 9.17) is 5.73 Å². The van der Waals surface area contributed by atoms with Crippen LogP contribution in [-0.2, 0) is 16.7 Å². The van der Waals surface area contributed by atoms with Crippen LogP contribution in [0.2, 0.25) is 0 Å². The molecule has 138 valence electrons. The molecular weight excluding hydrogens is 361 g/mol. The Labute approximate surface area is 154 Å². The van der Waals surface area contributed by atoms with Gasteiger partial charge in [0.1, 0.15) is 6.04 Å². The second-order valence-electron chi connectivity index (χ2n) is 6.19. The Morgan fingerprint density at radius 1 is 1.15 bits per heavy atom. The molecule has 26 heavy (non-hydrogen) atoms. The zero-order valence-corrected chi connectivity index (χ0v) is 14.8. The monoisotopic (exact) mass is 380 g/mol. The number of anilines is 1. The van der Waals surface area contributed by atoms with Crippen molar-refractivity contribution >= 4 is 23.4 Å². The zero-order chi connectivity index (χ0) is 18.7. The number of thioether (sulfide) groups is 1. The Balaban J connectivity index is 1.69. The molecule has 1 heterocycles. The Morgan fingerprint density at radius 3 is 2.50 bits per heavy atom. The van der Waals surface area contributed by atoms with E-state index < -0.39 is 11.7 Å². The summed E-state index contributed by atoms with van der Waals surface area (Å²) in [7, 11) is 0. The van der Waals surface area contributed by atoms with E-state index >= 15 is 0 Å². The summed E-state index contributed by atoms with van der Waals surface area (Å²) in [4.78, 5) is 14.4. The molecule has 0 radical (unpaired) electrons. The number of benzene rings is 2. The summed E-state index contributed by atoms with van der Waals surface area (Å²) < 4.78 is 39.1. The van der Waals surface area contributed by atoms with E-state index in [9.17, 15) is 18.0 Å². The number of carbonyl (C=O) groups is 1. The van der Waals surface area contributed by atoms with Crippen molar-refractivity contribution in [1.82, 2.24) is 0 Å². The minimum Gasteiger partial charge on any atom is -0.368 e. The Kier molecular flexibility index (Phi) is 5.46. The molecule has 1 saturated heterocycles. The van der Waals surface area contributed by atoms with Gasteiger partial charge in [0, 0.05) is 22.9 Å². The molecule has 1 amide bonds. The van der Waals surface area contributed by atoms with Crippen molar-refractivity contribution in [2.45, 2.75) is 35.7 Å². The van der Waals surface area contributed by atoms with Gasteiger partial charge in [0.25, 0.3) is 0 Å². The van der Waals surface area contributed by atoms with E-state index in [0.717, 1.165) is 36.0 Å². The lowest BCUT2D eigenvalue weighted by molar-refractivity contribution is -0.138. The first-order valence-corrected chi connectivity index (χ1v) is 9.29.